The number of ether oxygens (including phenoxy) is 1. The summed E-state index contributed by atoms with van der Waals surface area (Å²) < 4.78 is 5.03. The summed E-state index contributed by atoms with van der Waals surface area (Å²) in [6.07, 6.45) is 4.31. The summed E-state index contributed by atoms with van der Waals surface area (Å²) in [7, 11) is 1.55. The van der Waals surface area contributed by atoms with Crippen molar-refractivity contribution in [3.63, 3.8) is 0 Å². The highest BCUT2D eigenvalue weighted by molar-refractivity contribution is 5.99. The smallest absolute Gasteiger partial charge is 0.247 e. The molecule has 0 radical (unpaired) electrons. The molecule has 0 aliphatic carbocycles. The third-order valence-corrected chi connectivity index (χ3v) is 3.60. The number of methoxy groups -OCH3 is 1. The Morgan fingerprint density at radius 3 is 2.64 bits per heavy atom. The normalized spacial score (nSPS) is 10.0. The van der Waals surface area contributed by atoms with E-state index in [-0.39, 0.29) is 5.91 Å². The number of carbonyl (C=O) groups excluding carboxylic acids is 1. The molecule has 3 rings (SSSR count). The van der Waals surface area contributed by atoms with E-state index in [1.54, 1.807) is 43.6 Å². The molecule has 0 fully saturated rings. The van der Waals surface area contributed by atoms with Gasteiger partial charge in [-0.3, -0.25) is 4.79 Å². The van der Waals surface area contributed by atoms with Crippen LogP contribution in [0.2, 0.25) is 0 Å². The lowest BCUT2D eigenvalue weighted by atomic mass is 10.2. The van der Waals surface area contributed by atoms with Crippen LogP contribution in [0.15, 0.2) is 61.4 Å². The Morgan fingerprint density at radius 1 is 1.11 bits per heavy atom. The quantitative estimate of drug-likeness (QED) is 0.463. The molecule has 142 valence electrons. The summed E-state index contributed by atoms with van der Waals surface area (Å²) in [6, 6.07) is 10.7. The zero-order chi connectivity index (χ0) is 19.9. The van der Waals surface area contributed by atoms with Crippen molar-refractivity contribution in [1.82, 2.24) is 15.0 Å². The minimum absolute atomic E-state index is 0.293. The third kappa shape index (κ3) is 4.73. The van der Waals surface area contributed by atoms with E-state index in [0.717, 1.165) is 0 Å². The Balaban J connectivity index is 1.77. The van der Waals surface area contributed by atoms with Gasteiger partial charge in [-0.25, -0.2) is 9.97 Å². The van der Waals surface area contributed by atoms with E-state index in [1.165, 1.54) is 12.3 Å². The maximum Gasteiger partial charge on any atom is 0.247 e. The van der Waals surface area contributed by atoms with Crippen LogP contribution in [0.4, 0.5) is 34.5 Å². The number of benzene rings is 1. The van der Waals surface area contributed by atoms with Gasteiger partial charge in [-0.05, 0) is 30.3 Å². The Hall–Kier alpha value is -4.14. The average Bonchev–Trinajstić information content (AvgIpc) is 2.71. The second kappa shape index (κ2) is 8.49. The molecule has 3 aromatic rings. The maximum absolute atomic E-state index is 11.5. The first kappa shape index (κ1) is 18.6. The van der Waals surface area contributed by atoms with Crippen LogP contribution >= 0.6 is 0 Å². The Kier molecular flexibility index (Phi) is 5.66. The molecule has 0 aliphatic rings. The molecule has 5 N–H and O–H groups in total. The van der Waals surface area contributed by atoms with Crippen LogP contribution in [0.25, 0.3) is 0 Å². The van der Waals surface area contributed by atoms with Crippen LogP contribution in [0.3, 0.4) is 0 Å². The topological polar surface area (TPSA) is 127 Å². The molecule has 1 aromatic carbocycles. The predicted octanol–water partition coefficient (Wildman–Crippen LogP) is 3.07. The number of aromatic nitrogens is 3. The molecular formula is C19H19N7O2. The first-order valence-electron chi connectivity index (χ1n) is 8.27. The minimum atomic E-state index is -0.293. The van der Waals surface area contributed by atoms with Crippen LogP contribution in [0.1, 0.15) is 0 Å². The number of nitrogens with zero attached hydrogens (tertiary/aromatic N) is 3. The van der Waals surface area contributed by atoms with E-state index in [2.05, 4.69) is 37.5 Å². The van der Waals surface area contributed by atoms with Crippen molar-refractivity contribution in [3.05, 3.63) is 61.4 Å². The highest BCUT2D eigenvalue weighted by Crippen LogP contribution is 2.24. The number of anilines is 6. The van der Waals surface area contributed by atoms with Gasteiger partial charge < -0.3 is 26.4 Å². The van der Waals surface area contributed by atoms with Crippen molar-refractivity contribution in [2.75, 3.05) is 28.8 Å². The van der Waals surface area contributed by atoms with Gasteiger partial charge in [0.15, 0.2) is 5.82 Å². The van der Waals surface area contributed by atoms with Gasteiger partial charge in [-0.1, -0.05) is 12.6 Å². The molecule has 0 aliphatic heterocycles. The van der Waals surface area contributed by atoms with Crippen LogP contribution in [-0.2, 0) is 4.79 Å². The zero-order valence-electron chi connectivity index (χ0n) is 15.1. The summed E-state index contributed by atoms with van der Waals surface area (Å²) in [6.45, 7) is 3.43. The second-order valence-electron chi connectivity index (χ2n) is 5.61. The van der Waals surface area contributed by atoms with Crippen molar-refractivity contribution in [2.45, 2.75) is 0 Å². The van der Waals surface area contributed by atoms with Gasteiger partial charge in [0.05, 0.1) is 30.9 Å². The lowest BCUT2D eigenvalue weighted by Gasteiger charge is -2.12. The number of hydrogen-bond donors (Lipinski definition) is 4. The van der Waals surface area contributed by atoms with Crippen LogP contribution in [-0.4, -0.2) is 28.0 Å². The van der Waals surface area contributed by atoms with Crippen LogP contribution < -0.4 is 26.4 Å². The molecule has 9 nitrogen and oxygen atoms in total. The number of rotatable bonds is 7. The summed E-state index contributed by atoms with van der Waals surface area (Å²) >= 11 is 0. The van der Waals surface area contributed by atoms with Gasteiger partial charge in [0.1, 0.15) is 0 Å². The van der Waals surface area contributed by atoms with Crippen molar-refractivity contribution >= 4 is 40.4 Å². The number of amides is 1. The Labute approximate surface area is 161 Å². The molecule has 2 heterocycles. The fourth-order valence-corrected chi connectivity index (χ4v) is 2.26. The molecule has 0 spiro atoms. The minimum Gasteiger partial charge on any atom is -0.481 e. The maximum atomic E-state index is 11.5. The van der Waals surface area contributed by atoms with Gasteiger partial charge in [-0.15, -0.1) is 0 Å². The first-order valence-corrected chi connectivity index (χ1v) is 8.27. The summed E-state index contributed by atoms with van der Waals surface area (Å²) in [5, 5.41) is 8.86. The molecular weight excluding hydrogens is 358 g/mol. The monoisotopic (exact) mass is 377 g/mol. The zero-order valence-corrected chi connectivity index (χ0v) is 15.1. The number of nitrogens with two attached hydrogens (primary N) is 1. The Bertz CT molecular complexity index is 990. The fraction of sp³-hybridized carbons (Fsp3) is 0.0526. The number of hydrogen-bond acceptors (Lipinski definition) is 8. The van der Waals surface area contributed by atoms with Crippen LogP contribution in [0, 0.1) is 0 Å². The number of nitrogen functional groups attached to an aromatic ring is 1. The van der Waals surface area contributed by atoms with Gasteiger partial charge in [0.2, 0.25) is 17.7 Å². The standard InChI is InChI=1S/C19H19N7O2/c1-3-16(27)23-12-5-4-6-13(9-12)24-18-15(20)11-22-19(26-18)25-14-7-8-17(28-2)21-10-14/h3-11H,1,20H2,2H3,(H,23,27)(H2,22,24,25,26). The molecule has 28 heavy (non-hydrogen) atoms. The first-order chi connectivity index (χ1) is 13.6. The van der Waals surface area contributed by atoms with Crippen molar-refractivity contribution in [1.29, 1.82) is 0 Å². The molecule has 2 aromatic heterocycles. The molecule has 1 amide bonds. The molecule has 9 heteroatoms. The van der Waals surface area contributed by atoms with Gasteiger partial charge in [0, 0.05) is 17.4 Å². The molecule has 0 saturated carbocycles. The van der Waals surface area contributed by atoms with E-state index in [1.807, 2.05) is 6.07 Å². The highest BCUT2D eigenvalue weighted by Gasteiger charge is 2.07. The third-order valence-electron chi connectivity index (χ3n) is 3.60. The van der Waals surface area contributed by atoms with Crippen LogP contribution in [0.5, 0.6) is 5.88 Å². The molecule has 0 saturated heterocycles. The average molecular weight is 377 g/mol. The van der Waals surface area contributed by atoms with E-state index < -0.39 is 0 Å². The molecule has 0 unspecified atom stereocenters. The highest BCUT2D eigenvalue weighted by atomic mass is 16.5. The Morgan fingerprint density at radius 2 is 1.93 bits per heavy atom. The van der Waals surface area contributed by atoms with E-state index in [0.29, 0.717) is 40.4 Å². The SMILES string of the molecule is C=CC(=O)Nc1cccc(Nc2nc(Nc3ccc(OC)nc3)ncc2N)c1. The lowest BCUT2D eigenvalue weighted by Crippen LogP contribution is -2.08. The predicted molar refractivity (Wildman–Crippen MR) is 109 cm³/mol. The van der Waals surface area contributed by atoms with E-state index in [4.69, 9.17) is 10.5 Å². The molecule has 0 atom stereocenters. The van der Waals surface area contributed by atoms with E-state index in [9.17, 15) is 4.79 Å². The lowest BCUT2D eigenvalue weighted by molar-refractivity contribution is -0.111. The fourth-order valence-electron chi connectivity index (χ4n) is 2.26. The van der Waals surface area contributed by atoms with Gasteiger partial charge in [0.25, 0.3) is 0 Å². The van der Waals surface area contributed by atoms with Gasteiger partial charge >= 0.3 is 0 Å². The summed E-state index contributed by atoms with van der Waals surface area (Å²) in [4.78, 5) is 24.1. The van der Waals surface area contributed by atoms with E-state index >= 15 is 0 Å². The number of carbonyl (C=O) groups is 1. The summed E-state index contributed by atoms with van der Waals surface area (Å²) in [5.74, 6) is 0.985. The number of pyridine rings is 1. The van der Waals surface area contributed by atoms with Crippen molar-refractivity contribution in [2.24, 2.45) is 0 Å². The van der Waals surface area contributed by atoms with Crippen molar-refractivity contribution in [3.8, 4) is 5.88 Å². The van der Waals surface area contributed by atoms with Crippen molar-refractivity contribution < 1.29 is 9.53 Å². The second-order valence-corrected chi connectivity index (χ2v) is 5.61. The largest absolute Gasteiger partial charge is 0.481 e. The molecule has 0 bridgehead atoms. The summed E-state index contributed by atoms with van der Waals surface area (Å²) in [5.41, 5.74) is 8.37. The van der Waals surface area contributed by atoms with Gasteiger partial charge in [-0.2, -0.15) is 4.98 Å². The number of nitrogens with one attached hydrogen (secondary N) is 3.